The Bertz CT molecular complexity index is 282. The van der Waals surface area contributed by atoms with Crippen LogP contribution >= 0.6 is 0 Å². The van der Waals surface area contributed by atoms with Gasteiger partial charge in [-0.2, -0.15) is 0 Å². The fourth-order valence-corrected chi connectivity index (χ4v) is 2.62. The minimum atomic E-state index is -0.0366. The van der Waals surface area contributed by atoms with Crippen LogP contribution in [-0.4, -0.2) is 42.8 Å². The van der Waals surface area contributed by atoms with Crippen LogP contribution in [0.3, 0.4) is 0 Å². The summed E-state index contributed by atoms with van der Waals surface area (Å²) in [4.78, 5) is 24.4. The molecule has 1 atom stereocenters. The highest BCUT2D eigenvalue weighted by atomic mass is 16.2. The summed E-state index contributed by atoms with van der Waals surface area (Å²) < 4.78 is 0. The molecule has 84 valence electrons. The number of likely N-dealkylation sites (tertiary alicyclic amines) is 1. The Morgan fingerprint density at radius 2 is 2.20 bits per heavy atom. The average Bonchev–Trinajstić information content (AvgIpc) is 2.76. The van der Waals surface area contributed by atoms with Gasteiger partial charge in [-0.15, -0.1) is 0 Å². The van der Waals surface area contributed by atoms with Crippen molar-refractivity contribution in [1.82, 2.24) is 10.2 Å². The number of hydrogen-bond acceptors (Lipinski definition) is 3. The van der Waals surface area contributed by atoms with E-state index in [-0.39, 0.29) is 18.1 Å². The van der Waals surface area contributed by atoms with Crippen molar-refractivity contribution in [3.8, 4) is 0 Å². The van der Waals surface area contributed by atoms with Gasteiger partial charge in [0.2, 0.25) is 5.91 Å². The molecule has 0 aliphatic carbocycles. The maximum absolute atomic E-state index is 11.7. The van der Waals surface area contributed by atoms with Gasteiger partial charge in [-0.1, -0.05) is 0 Å². The first-order valence-electron chi connectivity index (χ1n) is 5.59. The second-order valence-electron chi connectivity index (χ2n) is 4.87. The number of carbonyl (C=O) groups is 2. The Balaban J connectivity index is 1.91. The topological polar surface area (TPSA) is 49.4 Å². The molecule has 2 fully saturated rings. The number of hydrogen-bond donors (Lipinski definition) is 1. The Morgan fingerprint density at radius 3 is 2.80 bits per heavy atom. The van der Waals surface area contributed by atoms with E-state index in [1.165, 1.54) is 6.92 Å². The van der Waals surface area contributed by atoms with Crippen LogP contribution in [-0.2, 0) is 9.59 Å². The van der Waals surface area contributed by atoms with Crippen molar-refractivity contribution >= 4 is 11.7 Å². The van der Waals surface area contributed by atoms with E-state index in [9.17, 15) is 9.59 Å². The lowest BCUT2D eigenvalue weighted by Gasteiger charge is -2.22. The number of amides is 1. The number of Topliss-reactive ketones (excluding diaryl/α,β-unsaturated/α-hetero) is 1. The lowest BCUT2D eigenvalue weighted by molar-refractivity contribution is -0.134. The molecule has 1 unspecified atom stereocenters. The second-order valence-corrected chi connectivity index (χ2v) is 4.87. The summed E-state index contributed by atoms with van der Waals surface area (Å²) in [6, 6.07) is 0. The van der Waals surface area contributed by atoms with Gasteiger partial charge in [0.1, 0.15) is 5.78 Å². The van der Waals surface area contributed by atoms with Crippen LogP contribution < -0.4 is 5.32 Å². The number of nitrogens with zero attached hydrogens (tertiary/aromatic N) is 1. The van der Waals surface area contributed by atoms with Gasteiger partial charge in [0, 0.05) is 25.0 Å². The average molecular weight is 210 g/mol. The van der Waals surface area contributed by atoms with Crippen LogP contribution in [0.15, 0.2) is 0 Å². The molecule has 1 N–H and O–H groups in total. The third-order valence-corrected chi connectivity index (χ3v) is 3.52. The van der Waals surface area contributed by atoms with Crippen molar-refractivity contribution in [2.75, 3.05) is 26.2 Å². The van der Waals surface area contributed by atoms with Gasteiger partial charge in [-0.3, -0.25) is 9.59 Å². The standard InChI is InChI=1S/C11H18N2O2/c1-9(14)6-10(15)13-5-3-11(8-13)2-4-12-7-11/h12H,2-8H2,1H3. The second kappa shape index (κ2) is 3.93. The van der Waals surface area contributed by atoms with Gasteiger partial charge in [-0.25, -0.2) is 0 Å². The molecule has 2 saturated heterocycles. The molecule has 4 heteroatoms. The summed E-state index contributed by atoms with van der Waals surface area (Å²) in [5, 5.41) is 3.35. The number of carbonyl (C=O) groups excluding carboxylic acids is 2. The predicted molar refractivity (Wildman–Crippen MR) is 56.4 cm³/mol. The molecule has 2 rings (SSSR count). The molecule has 2 aliphatic heterocycles. The van der Waals surface area contributed by atoms with Gasteiger partial charge < -0.3 is 10.2 Å². The van der Waals surface area contributed by atoms with Crippen molar-refractivity contribution in [2.24, 2.45) is 5.41 Å². The van der Waals surface area contributed by atoms with E-state index in [0.29, 0.717) is 5.41 Å². The zero-order valence-electron chi connectivity index (χ0n) is 9.21. The van der Waals surface area contributed by atoms with Gasteiger partial charge >= 0.3 is 0 Å². The fourth-order valence-electron chi connectivity index (χ4n) is 2.62. The molecule has 1 spiro atoms. The molecule has 0 aromatic carbocycles. The van der Waals surface area contributed by atoms with Crippen molar-refractivity contribution in [3.63, 3.8) is 0 Å². The summed E-state index contributed by atoms with van der Waals surface area (Å²) >= 11 is 0. The Kier molecular flexibility index (Phi) is 2.78. The van der Waals surface area contributed by atoms with Gasteiger partial charge in [-0.05, 0) is 26.3 Å². The Hall–Kier alpha value is -0.900. The monoisotopic (exact) mass is 210 g/mol. The zero-order valence-corrected chi connectivity index (χ0v) is 9.21. The van der Waals surface area contributed by atoms with Crippen LogP contribution in [0.5, 0.6) is 0 Å². The van der Waals surface area contributed by atoms with Crippen molar-refractivity contribution in [2.45, 2.75) is 26.2 Å². The van der Waals surface area contributed by atoms with E-state index in [4.69, 9.17) is 0 Å². The van der Waals surface area contributed by atoms with E-state index in [2.05, 4.69) is 5.32 Å². The Labute approximate surface area is 90.0 Å². The summed E-state index contributed by atoms with van der Waals surface area (Å²) in [5.41, 5.74) is 0.312. The minimum absolute atomic E-state index is 0.00581. The molecule has 15 heavy (non-hydrogen) atoms. The quantitative estimate of drug-likeness (QED) is 0.661. The van der Waals surface area contributed by atoms with Crippen LogP contribution in [0.4, 0.5) is 0 Å². The van der Waals surface area contributed by atoms with Crippen LogP contribution in [0.25, 0.3) is 0 Å². The molecule has 2 aliphatic rings. The SMILES string of the molecule is CC(=O)CC(=O)N1CCC2(CCNC2)C1. The fraction of sp³-hybridized carbons (Fsp3) is 0.818. The van der Waals surface area contributed by atoms with Gasteiger partial charge in [0.25, 0.3) is 0 Å². The van der Waals surface area contributed by atoms with Crippen molar-refractivity contribution < 1.29 is 9.59 Å². The molecule has 0 bridgehead atoms. The summed E-state index contributed by atoms with van der Waals surface area (Å²) in [5.74, 6) is -0.0308. The van der Waals surface area contributed by atoms with E-state index in [0.717, 1.165) is 39.0 Å². The predicted octanol–water partition coefficient (Wildman–Crippen LogP) is 0.178. The Morgan fingerprint density at radius 1 is 1.40 bits per heavy atom. The molecular weight excluding hydrogens is 192 g/mol. The third kappa shape index (κ3) is 2.20. The molecule has 0 aromatic rings. The molecule has 0 aromatic heterocycles. The van der Waals surface area contributed by atoms with Crippen LogP contribution in [0.1, 0.15) is 26.2 Å². The molecule has 2 heterocycles. The van der Waals surface area contributed by atoms with E-state index < -0.39 is 0 Å². The molecule has 0 saturated carbocycles. The highest BCUT2D eigenvalue weighted by molar-refractivity contribution is 5.96. The van der Waals surface area contributed by atoms with Crippen molar-refractivity contribution in [1.29, 1.82) is 0 Å². The summed E-state index contributed by atoms with van der Waals surface area (Å²) in [6.07, 6.45) is 2.32. The minimum Gasteiger partial charge on any atom is -0.342 e. The first-order chi connectivity index (χ1) is 7.11. The molecule has 4 nitrogen and oxygen atoms in total. The van der Waals surface area contributed by atoms with E-state index >= 15 is 0 Å². The normalized spacial score (nSPS) is 30.1. The highest BCUT2D eigenvalue weighted by Gasteiger charge is 2.41. The first-order valence-corrected chi connectivity index (χ1v) is 5.59. The van der Waals surface area contributed by atoms with E-state index in [1.54, 1.807) is 0 Å². The molecule has 0 radical (unpaired) electrons. The lowest BCUT2D eigenvalue weighted by atomic mass is 9.86. The number of rotatable bonds is 2. The van der Waals surface area contributed by atoms with Gasteiger partial charge in [0.05, 0.1) is 6.42 Å². The zero-order chi connectivity index (χ0) is 10.9. The maximum atomic E-state index is 11.7. The number of ketones is 1. The van der Waals surface area contributed by atoms with Crippen LogP contribution in [0, 0.1) is 5.41 Å². The maximum Gasteiger partial charge on any atom is 0.230 e. The number of nitrogens with one attached hydrogen (secondary N) is 1. The summed E-state index contributed by atoms with van der Waals surface area (Å²) in [7, 11) is 0. The van der Waals surface area contributed by atoms with E-state index in [1.807, 2.05) is 4.90 Å². The van der Waals surface area contributed by atoms with Crippen molar-refractivity contribution in [3.05, 3.63) is 0 Å². The molecule has 1 amide bonds. The smallest absolute Gasteiger partial charge is 0.230 e. The third-order valence-electron chi connectivity index (χ3n) is 3.52. The first kappa shape index (κ1) is 10.6. The largest absolute Gasteiger partial charge is 0.342 e. The lowest BCUT2D eigenvalue weighted by Crippen LogP contribution is -2.33. The molecular formula is C11H18N2O2. The highest BCUT2D eigenvalue weighted by Crippen LogP contribution is 2.36. The van der Waals surface area contributed by atoms with Gasteiger partial charge in [0.15, 0.2) is 0 Å². The van der Waals surface area contributed by atoms with Crippen LogP contribution in [0.2, 0.25) is 0 Å². The summed E-state index contributed by atoms with van der Waals surface area (Å²) in [6.45, 7) is 5.23.